The summed E-state index contributed by atoms with van der Waals surface area (Å²) in [5.41, 5.74) is -0.0191. The Kier molecular flexibility index (Phi) is 3.82. The Balaban J connectivity index is 1.68. The van der Waals surface area contributed by atoms with Gasteiger partial charge in [0.1, 0.15) is 17.1 Å². The first-order valence-electron chi connectivity index (χ1n) is 8.86. The highest BCUT2D eigenvalue weighted by Gasteiger charge is 2.41. The van der Waals surface area contributed by atoms with Gasteiger partial charge in [0.2, 0.25) is 0 Å². The van der Waals surface area contributed by atoms with Gasteiger partial charge in [-0.1, -0.05) is 5.16 Å². The second-order valence-corrected chi connectivity index (χ2v) is 7.00. The number of piperidine rings is 1. The van der Waals surface area contributed by atoms with E-state index in [0.717, 1.165) is 6.42 Å². The second kappa shape index (κ2) is 5.93. The maximum Gasteiger partial charge on any atom is 0.332 e. The van der Waals surface area contributed by atoms with Gasteiger partial charge < -0.3 is 9.42 Å². The van der Waals surface area contributed by atoms with E-state index in [9.17, 15) is 14.4 Å². The number of amides is 1. The van der Waals surface area contributed by atoms with Gasteiger partial charge >= 0.3 is 11.1 Å². The number of fused-ring (bicyclic) bond motifs is 3. The average molecular weight is 359 g/mol. The van der Waals surface area contributed by atoms with Crippen molar-refractivity contribution in [1.82, 2.24) is 24.4 Å². The molecule has 0 N–H and O–H groups in total. The summed E-state index contributed by atoms with van der Waals surface area (Å²) in [5, 5.41) is 8.27. The SMILES string of the molecule is CCn1nc2n(c(=O)c1=O)C[C@@H]1CCN(C(=O)c3c(C)noc3C)C[C@@H]21. The molecule has 0 aliphatic carbocycles. The zero-order chi connectivity index (χ0) is 18.6. The summed E-state index contributed by atoms with van der Waals surface area (Å²) in [6.45, 7) is 7.19. The van der Waals surface area contributed by atoms with E-state index in [2.05, 4.69) is 10.3 Å². The quantitative estimate of drug-likeness (QED) is 0.714. The van der Waals surface area contributed by atoms with Crippen LogP contribution in [0, 0.1) is 19.8 Å². The fourth-order valence-electron chi connectivity index (χ4n) is 4.10. The van der Waals surface area contributed by atoms with Crippen molar-refractivity contribution in [3.05, 3.63) is 43.5 Å². The van der Waals surface area contributed by atoms with Crippen LogP contribution in [0.15, 0.2) is 14.1 Å². The Labute approximate surface area is 149 Å². The highest BCUT2D eigenvalue weighted by atomic mass is 16.5. The van der Waals surface area contributed by atoms with E-state index in [1.807, 2.05) is 0 Å². The van der Waals surface area contributed by atoms with Crippen molar-refractivity contribution < 1.29 is 9.32 Å². The van der Waals surface area contributed by atoms with Gasteiger partial charge in [0.25, 0.3) is 5.91 Å². The lowest BCUT2D eigenvalue weighted by Crippen LogP contribution is -2.44. The van der Waals surface area contributed by atoms with Gasteiger partial charge in [0.05, 0.1) is 5.69 Å². The maximum absolute atomic E-state index is 12.9. The molecule has 9 nitrogen and oxygen atoms in total. The first kappa shape index (κ1) is 16.7. The van der Waals surface area contributed by atoms with Crippen LogP contribution >= 0.6 is 0 Å². The largest absolute Gasteiger partial charge is 0.361 e. The van der Waals surface area contributed by atoms with Crippen LogP contribution in [0.4, 0.5) is 0 Å². The molecule has 138 valence electrons. The lowest BCUT2D eigenvalue weighted by Gasteiger charge is -2.34. The molecule has 4 rings (SSSR count). The molecule has 0 radical (unpaired) electrons. The smallest absolute Gasteiger partial charge is 0.332 e. The van der Waals surface area contributed by atoms with Crippen molar-refractivity contribution in [3.63, 3.8) is 0 Å². The summed E-state index contributed by atoms with van der Waals surface area (Å²) in [5.74, 6) is 1.19. The molecule has 1 saturated heterocycles. The number of rotatable bonds is 2. The highest BCUT2D eigenvalue weighted by molar-refractivity contribution is 5.96. The molecule has 9 heteroatoms. The summed E-state index contributed by atoms with van der Waals surface area (Å²) < 4.78 is 7.82. The Morgan fingerprint density at radius 1 is 1.23 bits per heavy atom. The van der Waals surface area contributed by atoms with Crippen LogP contribution in [0.25, 0.3) is 0 Å². The number of carbonyl (C=O) groups excluding carboxylic acids is 1. The number of likely N-dealkylation sites (tertiary alicyclic amines) is 1. The Bertz CT molecular complexity index is 982. The van der Waals surface area contributed by atoms with Crippen LogP contribution in [0.2, 0.25) is 0 Å². The molecule has 0 spiro atoms. The molecule has 1 fully saturated rings. The van der Waals surface area contributed by atoms with Crippen LogP contribution < -0.4 is 11.1 Å². The van der Waals surface area contributed by atoms with E-state index in [1.165, 1.54) is 9.25 Å². The third-order valence-electron chi connectivity index (χ3n) is 5.50. The monoisotopic (exact) mass is 359 g/mol. The van der Waals surface area contributed by atoms with Gasteiger partial charge in [-0.2, -0.15) is 5.10 Å². The van der Waals surface area contributed by atoms with Gasteiger partial charge in [-0.15, -0.1) is 0 Å². The topological polar surface area (TPSA) is 103 Å². The predicted molar refractivity (Wildman–Crippen MR) is 91.2 cm³/mol. The third kappa shape index (κ3) is 2.33. The van der Waals surface area contributed by atoms with Crippen molar-refractivity contribution in [3.8, 4) is 0 Å². The molecule has 0 aromatic carbocycles. The van der Waals surface area contributed by atoms with Crippen molar-refractivity contribution in [2.75, 3.05) is 13.1 Å². The van der Waals surface area contributed by atoms with E-state index in [-0.39, 0.29) is 17.7 Å². The van der Waals surface area contributed by atoms with E-state index in [0.29, 0.717) is 49.0 Å². The van der Waals surface area contributed by atoms with Crippen LogP contribution in [0.5, 0.6) is 0 Å². The molecule has 1 amide bonds. The number of hydrogen-bond acceptors (Lipinski definition) is 6. The van der Waals surface area contributed by atoms with E-state index >= 15 is 0 Å². The molecule has 0 bridgehead atoms. The van der Waals surface area contributed by atoms with Gasteiger partial charge in [-0.3, -0.25) is 19.0 Å². The molecule has 2 aliphatic heterocycles. The van der Waals surface area contributed by atoms with Crippen LogP contribution in [-0.2, 0) is 13.1 Å². The van der Waals surface area contributed by atoms with Crippen LogP contribution in [-0.4, -0.2) is 43.4 Å². The fraction of sp³-hybridized carbons (Fsp3) is 0.588. The molecule has 2 aromatic rings. The normalized spacial score (nSPS) is 21.6. The molecule has 0 saturated carbocycles. The summed E-state index contributed by atoms with van der Waals surface area (Å²) in [4.78, 5) is 39.1. The lowest BCUT2D eigenvalue weighted by molar-refractivity contribution is 0.0665. The number of hydrogen-bond donors (Lipinski definition) is 0. The first-order valence-corrected chi connectivity index (χ1v) is 8.86. The molecular weight excluding hydrogens is 338 g/mol. The van der Waals surface area contributed by atoms with Crippen molar-refractivity contribution in [2.45, 2.75) is 46.2 Å². The summed E-state index contributed by atoms with van der Waals surface area (Å²) >= 11 is 0. The lowest BCUT2D eigenvalue weighted by atomic mass is 9.87. The number of aromatic nitrogens is 4. The maximum atomic E-state index is 12.9. The number of nitrogens with zero attached hydrogens (tertiary/aromatic N) is 5. The first-order chi connectivity index (χ1) is 12.4. The molecule has 2 aromatic heterocycles. The van der Waals surface area contributed by atoms with Gasteiger partial charge in [-0.25, -0.2) is 4.68 Å². The van der Waals surface area contributed by atoms with Crippen LogP contribution in [0.1, 0.15) is 46.9 Å². The zero-order valence-corrected chi connectivity index (χ0v) is 15.1. The fourth-order valence-corrected chi connectivity index (χ4v) is 4.10. The van der Waals surface area contributed by atoms with E-state index in [1.54, 1.807) is 25.7 Å². The minimum absolute atomic E-state index is 0.0423. The molecule has 26 heavy (non-hydrogen) atoms. The molecule has 2 atom stereocenters. The standard InChI is InChI=1S/C17H21N5O4/c1-4-22-17(25)16(24)21-7-11-5-6-20(8-12(11)14(21)18-22)15(23)13-9(2)19-26-10(13)3/h11-12H,4-8H2,1-3H3/t11-,12+/m0/s1. The van der Waals surface area contributed by atoms with Crippen LogP contribution in [0.3, 0.4) is 0 Å². The molecular formula is C17H21N5O4. The van der Waals surface area contributed by atoms with Gasteiger partial charge in [0.15, 0.2) is 0 Å². The number of aryl methyl sites for hydroxylation is 3. The van der Waals surface area contributed by atoms with Gasteiger partial charge in [0, 0.05) is 32.1 Å². The highest BCUT2D eigenvalue weighted by Crippen LogP contribution is 2.37. The second-order valence-electron chi connectivity index (χ2n) is 7.00. The van der Waals surface area contributed by atoms with E-state index in [4.69, 9.17) is 4.52 Å². The summed E-state index contributed by atoms with van der Waals surface area (Å²) in [7, 11) is 0. The number of carbonyl (C=O) groups is 1. The van der Waals surface area contributed by atoms with Crippen molar-refractivity contribution >= 4 is 5.91 Å². The third-order valence-corrected chi connectivity index (χ3v) is 5.50. The Morgan fingerprint density at radius 2 is 2.00 bits per heavy atom. The molecule has 2 aliphatic rings. The summed E-state index contributed by atoms with van der Waals surface area (Å²) in [6.07, 6.45) is 0.767. The minimum Gasteiger partial charge on any atom is -0.361 e. The average Bonchev–Trinajstić information content (AvgIpc) is 3.17. The zero-order valence-electron chi connectivity index (χ0n) is 15.1. The van der Waals surface area contributed by atoms with Crippen molar-refractivity contribution in [1.29, 1.82) is 0 Å². The molecule has 4 heterocycles. The Morgan fingerprint density at radius 3 is 2.65 bits per heavy atom. The summed E-state index contributed by atoms with van der Waals surface area (Å²) in [6, 6.07) is 0. The minimum atomic E-state index is -0.585. The molecule has 0 unspecified atom stereocenters. The van der Waals surface area contributed by atoms with E-state index < -0.39 is 11.1 Å². The predicted octanol–water partition coefficient (Wildman–Crippen LogP) is 0.289. The Hall–Kier alpha value is -2.71. The van der Waals surface area contributed by atoms with Gasteiger partial charge in [-0.05, 0) is 33.1 Å². The van der Waals surface area contributed by atoms with Crippen molar-refractivity contribution in [2.24, 2.45) is 5.92 Å².